The summed E-state index contributed by atoms with van der Waals surface area (Å²) < 4.78 is 10.8. The van der Waals surface area contributed by atoms with Crippen LogP contribution in [-0.4, -0.2) is 73.6 Å². The van der Waals surface area contributed by atoms with E-state index in [4.69, 9.17) is 9.47 Å². The zero-order valence-corrected chi connectivity index (χ0v) is 32.3. The van der Waals surface area contributed by atoms with Crippen LogP contribution >= 0.6 is 0 Å². The number of amides is 1. The fourth-order valence-corrected chi connectivity index (χ4v) is 14.1. The van der Waals surface area contributed by atoms with Crippen molar-refractivity contribution in [2.75, 3.05) is 39.8 Å². The Bertz CT molecular complexity index is 1300. The number of carbonyl (C=O) groups excluding carboxylic acids is 3. The van der Waals surface area contributed by atoms with Gasteiger partial charge in [0, 0.05) is 44.9 Å². The van der Waals surface area contributed by atoms with Gasteiger partial charge in [-0.25, -0.2) is 0 Å². The minimum atomic E-state index is -0.259. The zero-order chi connectivity index (χ0) is 35.6. The summed E-state index contributed by atoms with van der Waals surface area (Å²) in [6.07, 6.45) is 13.6. The summed E-state index contributed by atoms with van der Waals surface area (Å²) in [5, 5.41) is 0. The summed E-state index contributed by atoms with van der Waals surface area (Å²) in [4.78, 5) is 43.3. The molecule has 6 rings (SSSR count). The van der Waals surface area contributed by atoms with Crippen LogP contribution in [0.2, 0.25) is 0 Å². The smallest absolute Gasteiger partial charge is 0.305 e. The SMILES string of the molecule is C=C(C)[C@@H]1CC[C@]2(C(=O)N3CCN(CCCCC(=O)OC)CC3)CC[C@]3(C)[C@H](CC[C@@H]4[C@@]5(C)CC[C@H](OC(C)=O)C(C)(C)[C@@H]5CC[C@]43C)[C@@H]12. The van der Waals surface area contributed by atoms with Crippen LogP contribution in [0.1, 0.15) is 132 Å². The van der Waals surface area contributed by atoms with Crippen LogP contribution in [0.4, 0.5) is 0 Å². The number of fused-ring (bicyclic) bond motifs is 7. The number of hydrogen-bond acceptors (Lipinski definition) is 6. The number of ether oxygens (including phenoxy) is 2. The predicted octanol–water partition coefficient (Wildman–Crippen LogP) is 8.06. The van der Waals surface area contributed by atoms with E-state index in [1.807, 2.05) is 0 Å². The van der Waals surface area contributed by atoms with Gasteiger partial charge >= 0.3 is 11.9 Å². The van der Waals surface area contributed by atoms with Crippen molar-refractivity contribution in [2.45, 2.75) is 138 Å². The minimum Gasteiger partial charge on any atom is -0.469 e. The van der Waals surface area contributed by atoms with Gasteiger partial charge in [-0.2, -0.15) is 0 Å². The Kier molecular flexibility index (Phi) is 9.98. The van der Waals surface area contributed by atoms with Crippen molar-refractivity contribution in [3.63, 3.8) is 0 Å². The molecule has 0 unspecified atom stereocenters. The average Bonchev–Trinajstić information content (AvgIpc) is 3.46. The third-order valence-electron chi connectivity index (χ3n) is 16.7. The van der Waals surface area contributed by atoms with E-state index in [1.165, 1.54) is 38.4 Å². The fourth-order valence-electron chi connectivity index (χ4n) is 14.1. The van der Waals surface area contributed by atoms with Crippen LogP contribution in [0.25, 0.3) is 0 Å². The molecule has 0 aromatic heterocycles. The van der Waals surface area contributed by atoms with Crippen molar-refractivity contribution in [3.05, 3.63) is 12.2 Å². The summed E-state index contributed by atoms with van der Waals surface area (Å²) in [5.41, 5.74) is 1.64. The molecule has 0 aromatic rings. The first-order chi connectivity index (χ1) is 23.0. The van der Waals surface area contributed by atoms with Crippen LogP contribution in [0.5, 0.6) is 0 Å². The number of allylic oxidation sites excluding steroid dienone is 1. The molecular weight excluding hydrogens is 612 g/mol. The number of rotatable bonds is 8. The van der Waals surface area contributed by atoms with Gasteiger partial charge in [0.2, 0.25) is 5.91 Å². The molecule has 6 fully saturated rings. The van der Waals surface area contributed by atoms with Gasteiger partial charge in [0.1, 0.15) is 6.10 Å². The van der Waals surface area contributed by atoms with Crippen LogP contribution in [0, 0.1) is 56.7 Å². The minimum absolute atomic E-state index is 0.00363. The zero-order valence-electron chi connectivity index (χ0n) is 32.3. The highest BCUT2D eigenvalue weighted by Crippen LogP contribution is 2.77. The van der Waals surface area contributed by atoms with Gasteiger partial charge in [0.05, 0.1) is 12.5 Å². The van der Waals surface area contributed by atoms with E-state index < -0.39 is 0 Å². The van der Waals surface area contributed by atoms with Crippen LogP contribution < -0.4 is 0 Å². The molecule has 7 heteroatoms. The molecule has 5 saturated carbocycles. The summed E-state index contributed by atoms with van der Waals surface area (Å²) >= 11 is 0. The summed E-state index contributed by atoms with van der Waals surface area (Å²) in [7, 11) is 1.45. The van der Waals surface area contributed by atoms with E-state index in [0.29, 0.717) is 41.9 Å². The van der Waals surface area contributed by atoms with Gasteiger partial charge in [-0.15, -0.1) is 0 Å². The van der Waals surface area contributed by atoms with Crippen molar-refractivity contribution in [2.24, 2.45) is 56.7 Å². The van der Waals surface area contributed by atoms with E-state index >= 15 is 0 Å². The second-order valence-corrected chi connectivity index (χ2v) is 19.0. The number of nitrogens with zero attached hydrogens (tertiary/aromatic N) is 2. The molecular formula is C42H68N2O5. The second-order valence-electron chi connectivity index (χ2n) is 19.0. The van der Waals surface area contributed by atoms with Gasteiger partial charge in [0.25, 0.3) is 0 Å². The van der Waals surface area contributed by atoms with Gasteiger partial charge < -0.3 is 14.4 Å². The van der Waals surface area contributed by atoms with Gasteiger partial charge in [-0.3, -0.25) is 19.3 Å². The lowest BCUT2D eigenvalue weighted by atomic mass is 9.32. The van der Waals surface area contributed by atoms with E-state index in [-0.39, 0.29) is 45.1 Å². The van der Waals surface area contributed by atoms with E-state index in [9.17, 15) is 14.4 Å². The average molecular weight is 681 g/mol. The lowest BCUT2D eigenvalue weighted by Gasteiger charge is -2.73. The first-order valence-electron chi connectivity index (χ1n) is 20.0. The fraction of sp³-hybridized carbons (Fsp3) is 0.881. The van der Waals surface area contributed by atoms with Gasteiger partial charge in [-0.05, 0) is 136 Å². The molecule has 0 spiro atoms. The third kappa shape index (κ3) is 5.82. The molecule has 7 nitrogen and oxygen atoms in total. The summed E-state index contributed by atoms with van der Waals surface area (Å²) in [6, 6.07) is 0. The Morgan fingerprint density at radius 3 is 2.14 bits per heavy atom. The molecule has 0 aromatic carbocycles. The molecule has 1 amide bonds. The van der Waals surface area contributed by atoms with E-state index in [2.05, 4.69) is 57.9 Å². The maximum Gasteiger partial charge on any atom is 0.305 e. The number of hydrogen-bond donors (Lipinski definition) is 0. The molecule has 1 heterocycles. The lowest BCUT2D eigenvalue weighted by Crippen LogP contribution is -2.67. The highest BCUT2D eigenvalue weighted by molar-refractivity contribution is 5.84. The number of piperazine rings is 1. The lowest BCUT2D eigenvalue weighted by molar-refractivity contribution is -0.249. The Hall–Kier alpha value is -1.89. The monoisotopic (exact) mass is 681 g/mol. The summed E-state index contributed by atoms with van der Waals surface area (Å²) in [5.74, 6) is 2.71. The molecule has 0 radical (unpaired) electrons. The second kappa shape index (κ2) is 13.3. The molecule has 0 N–H and O–H groups in total. The maximum atomic E-state index is 14.9. The Morgan fingerprint density at radius 2 is 1.49 bits per heavy atom. The first-order valence-corrected chi connectivity index (χ1v) is 20.0. The van der Waals surface area contributed by atoms with Gasteiger partial charge in [0.15, 0.2) is 0 Å². The highest BCUT2D eigenvalue weighted by Gasteiger charge is 2.72. The number of methoxy groups -OCH3 is 1. The van der Waals surface area contributed by atoms with E-state index in [0.717, 1.165) is 84.1 Å². The molecule has 49 heavy (non-hydrogen) atoms. The van der Waals surface area contributed by atoms with Crippen molar-refractivity contribution in [1.82, 2.24) is 9.80 Å². The standard InChI is InChI=1S/C42H68N2O5/c1-28(2)30-15-20-42(37(47)44-26-24-43(25-27-44)23-11-10-12-35(46)48-9)22-21-40(7)31(36(30)42)13-14-33-39(6)18-17-34(49-29(3)45)38(4,5)32(39)16-19-41(33,40)8/h30-34,36H,1,10-27H2,2-9H3/t30-,31+,32-,33+,34-,36+,39-,40+,41+,42-/m0/s1. The largest absolute Gasteiger partial charge is 0.469 e. The van der Waals surface area contributed by atoms with E-state index in [1.54, 1.807) is 6.92 Å². The molecule has 1 aliphatic heterocycles. The predicted molar refractivity (Wildman–Crippen MR) is 193 cm³/mol. The maximum absolute atomic E-state index is 14.9. The van der Waals surface area contributed by atoms with Crippen molar-refractivity contribution in [1.29, 1.82) is 0 Å². The molecule has 276 valence electrons. The third-order valence-corrected chi connectivity index (χ3v) is 16.7. The summed E-state index contributed by atoms with van der Waals surface area (Å²) in [6.45, 7) is 25.5. The first kappa shape index (κ1) is 36.9. The number of carbonyl (C=O) groups is 3. The molecule has 6 aliphatic rings. The van der Waals surface area contributed by atoms with Crippen molar-refractivity contribution < 1.29 is 23.9 Å². The topological polar surface area (TPSA) is 76.2 Å². The van der Waals surface area contributed by atoms with Crippen molar-refractivity contribution in [3.8, 4) is 0 Å². The normalized spacial score (nSPS) is 43.0. The van der Waals surface area contributed by atoms with Crippen LogP contribution in [0.3, 0.4) is 0 Å². The number of unbranched alkanes of at least 4 members (excludes halogenated alkanes) is 1. The van der Waals surface area contributed by atoms with Crippen molar-refractivity contribution >= 4 is 17.8 Å². The quantitative estimate of drug-likeness (QED) is 0.147. The molecule has 5 aliphatic carbocycles. The Balaban J connectivity index is 1.21. The van der Waals surface area contributed by atoms with Crippen LogP contribution in [0.15, 0.2) is 12.2 Å². The Labute approximate surface area is 297 Å². The molecule has 1 saturated heterocycles. The molecule has 0 bridgehead atoms. The van der Waals surface area contributed by atoms with Gasteiger partial charge in [-0.1, -0.05) is 46.8 Å². The molecule has 10 atom stereocenters. The van der Waals surface area contributed by atoms with Crippen LogP contribution in [-0.2, 0) is 23.9 Å². The number of esters is 2. The highest BCUT2D eigenvalue weighted by atomic mass is 16.5. The Morgan fingerprint density at radius 1 is 0.776 bits per heavy atom.